The minimum absolute atomic E-state index is 0.00680. The Labute approximate surface area is 226 Å². The summed E-state index contributed by atoms with van der Waals surface area (Å²) in [6.45, 7) is 4.78. The van der Waals surface area contributed by atoms with E-state index < -0.39 is 16.9 Å². The number of aryl methyl sites for hydroxylation is 1. The Balaban J connectivity index is 1.42. The maximum atomic E-state index is 15.3. The molecule has 4 heteroatoms. The smallest absolute Gasteiger partial charge is 0.336 e. The fourth-order valence-corrected chi connectivity index (χ4v) is 8.50. The van der Waals surface area contributed by atoms with Gasteiger partial charge in [0.05, 0.1) is 6.61 Å². The number of halogens is 2. The van der Waals surface area contributed by atoms with Crippen molar-refractivity contribution >= 4 is 0 Å². The molecule has 0 amide bonds. The van der Waals surface area contributed by atoms with Gasteiger partial charge in [-0.2, -0.15) is 8.78 Å². The molecule has 2 aromatic carbocycles. The molecular weight excluding hydrogens is 478 g/mol. The first-order valence-electron chi connectivity index (χ1n) is 14.7. The highest BCUT2D eigenvalue weighted by atomic mass is 19.3. The van der Waals surface area contributed by atoms with Crippen LogP contribution in [-0.2, 0) is 6.42 Å². The van der Waals surface area contributed by atoms with Gasteiger partial charge in [-0.25, -0.2) is 0 Å². The maximum absolute atomic E-state index is 15.3. The Kier molecular flexibility index (Phi) is 6.38. The van der Waals surface area contributed by atoms with Crippen LogP contribution in [0.5, 0.6) is 5.75 Å². The molecule has 4 aliphatic carbocycles. The first kappa shape index (κ1) is 25.9. The van der Waals surface area contributed by atoms with Crippen molar-refractivity contribution in [1.82, 2.24) is 0 Å². The standard InChI is InChI=1S/C34H40F2O2/c1-4-6-19-38-26-14-16-27-25(20-26)13-15-28-30-17-18-33(37,34(35,36)5-2)32(30,3)21-29(31(27)28)24-11-9-23(10-12-24)22-7-8-22/h2,9-12,14,16,20,22,28-31,37H,4,6-8,13,15,17-19,21H2,1,3H3/t28-,29?,30-,31?,32-,33-/m0/s1. The average Bonchev–Trinajstić information content (AvgIpc) is 3.73. The molecular formula is C34H40F2O2. The second kappa shape index (κ2) is 9.37. The fourth-order valence-electron chi connectivity index (χ4n) is 8.50. The Morgan fingerprint density at radius 3 is 2.50 bits per heavy atom. The summed E-state index contributed by atoms with van der Waals surface area (Å²) in [6, 6.07) is 15.5. The number of unbranched alkanes of at least 4 members (excludes halogenated alkanes) is 1. The van der Waals surface area contributed by atoms with Gasteiger partial charge in [0.15, 0.2) is 0 Å². The number of alkyl halides is 2. The van der Waals surface area contributed by atoms with Crippen LogP contribution in [0.2, 0.25) is 0 Å². The van der Waals surface area contributed by atoms with E-state index in [1.165, 1.54) is 35.1 Å². The predicted molar refractivity (Wildman–Crippen MR) is 147 cm³/mol. The van der Waals surface area contributed by atoms with Crippen LogP contribution in [0, 0.1) is 29.6 Å². The summed E-state index contributed by atoms with van der Waals surface area (Å²) >= 11 is 0. The van der Waals surface area contributed by atoms with Crippen LogP contribution in [0.15, 0.2) is 42.5 Å². The highest BCUT2D eigenvalue weighted by molar-refractivity contribution is 5.45. The summed E-state index contributed by atoms with van der Waals surface area (Å²) < 4.78 is 36.6. The fraction of sp³-hybridized carbons (Fsp3) is 0.588. The molecule has 4 aliphatic rings. The molecule has 2 nitrogen and oxygen atoms in total. The summed E-state index contributed by atoms with van der Waals surface area (Å²) in [5, 5.41) is 11.7. The number of rotatable bonds is 7. The second-order valence-electron chi connectivity index (χ2n) is 12.7. The number of aliphatic hydroxyl groups is 1. The number of benzene rings is 2. The Morgan fingerprint density at radius 2 is 1.82 bits per heavy atom. The number of terminal acetylenes is 1. The van der Waals surface area contributed by atoms with Crippen molar-refractivity contribution in [3.8, 4) is 18.1 Å². The van der Waals surface area contributed by atoms with Crippen LogP contribution >= 0.6 is 0 Å². The highest BCUT2D eigenvalue weighted by Gasteiger charge is 2.71. The van der Waals surface area contributed by atoms with Gasteiger partial charge in [-0.3, -0.25) is 0 Å². The van der Waals surface area contributed by atoms with E-state index in [-0.39, 0.29) is 30.1 Å². The molecule has 3 saturated carbocycles. The first-order valence-corrected chi connectivity index (χ1v) is 14.7. The number of ether oxygens (including phenoxy) is 1. The zero-order valence-electron chi connectivity index (χ0n) is 22.7. The van der Waals surface area contributed by atoms with Crippen LogP contribution in [0.25, 0.3) is 0 Å². The van der Waals surface area contributed by atoms with Gasteiger partial charge in [0.1, 0.15) is 11.4 Å². The van der Waals surface area contributed by atoms with E-state index in [4.69, 9.17) is 11.2 Å². The van der Waals surface area contributed by atoms with Crippen molar-refractivity contribution in [1.29, 1.82) is 0 Å². The van der Waals surface area contributed by atoms with Crippen molar-refractivity contribution in [3.63, 3.8) is 0 Å². The van der Waals surface area contributed by atoms with E-state index in [1.54, 1.807) is 5.92 Å². The van der Waals surface area contributed by atoms with E-state index in [0.29, 0.717) is 18.8 Å². The molecule has 0 heterocycles. The second-order valence-corrected chi connectivity index (χ2v) is 12.7. The molecule has 2 aromatic rings. The largest absolute Gasteiger partial charge is 0.494 e. The van der Waals surface area contributed by atoms with Crippen molar-refractivity contribution in [2.24, 2.45) is 17.3 Å². The van der Waals surface area contributed by atoms with E-state index in [9.17, 15) is 5.11 Å². The highest BCUT2D eigenvalue weighted by Crippen LogP contribution is 2.70. The zero-order valence-corrected chi connectivity index (χ0v) is 22.7. The predicted octanol–water partition coefficient (Wildman–Crippen LogP) is 7.99. The zero-order chi connectivity index (χ0) is 26.7. The van der Waals surface area contributed by atoms with E-state index in [0.717, 1.165) is 38.0 Å². The van der Waals surface area contributed by atoms with E-state index in [2.05, 4.69) is 49.4 Å². The van der Waals surface area contributed by atoms with Crippen molar-refractivity contribution in [2.45, 2.75) is 101 Å². The summed E-state index contributed by atoms with van der Waals surface area (Å²) in [5.41, 5.74) is 2.09. The molecule has 38 heavy (non-hydrogen) atoms. The van der Waals surface area contributed by atoms with Gasteiger partial charge in [-0.15, -0.1) is 6.42 Å². The third kappa shape index (κ3) is 3.91. The van der Waals surface area contributed by atoms with Gasteiger partial charge in [-0.05, 0) is 121 Å². The molecule has 0 radical (unpaired) electrons. The van der Waals surface area contributed by atoms with E-state index in [1.807, 2.05) is 6.92 Å². The van der Waals surface area contributed by atoms with E-state index >= 15 is 8.78 Å². The van der Waals surface area contributed by atoms with Crippen molar-refractivity contribution in [3.05, 3.63) is 64.7 Å². The lowest BCUT2D eigenvalue weighted by molar-refractivity contribution is -0.214. The topological polar surface area (TPSA) is 29.5 Å². The molecule has 0 bridgehead atoms. The molecule has 6 rings (SSSR count). The van der Waals surface area contributed by atoms with Gasteiger partial charge in [0.25, 0.3) is 0 Å². The van der Waals surface area contributed by atoms with Gasteiger partial charge in [0.2, 0.25) is 0 Å². The lowest BCUT2D eigenvalue weighted by Crippen LogP contribution is -2.60. The molecule has 2 unspecified atom stereocenters. The summed E-state index contributed by atoms with van der Waals surface area (Å²) in [7, 11) is 0. The SMILES string of the molecule is C#CC(F)(F)[C@]1(O)CC[C@H]2[C@@H]3CCc4cc(OCCCC)ccc4C3C(c3ccc(C4CC4)cc3)C[C@@]21C. The third-order valence-electron chi connectivity index (χ3n) is 10.7. The van der Waals surface area contributed by atoms with Crippen LogP contribution in [-0.4, -0.2) is 23.2 Å². The molecule has 0 spiro atoms. The summed E-state index contributed by atoms with van der Waals surface area (Å²) in [5.74, 6) is 0.220. The quantitative estimate of drug-likeness (QED) is 0.297. The first-order chi connectivity index (χ1) is 18.2. The van der Waals surface area contributed by atoms with Crippen LogP contribution in [0.3, 0.4) is 0 Å². The summed E-state index contributed by atoms with van der Waals surface area (Å²) in [6.07, 6.45) is 12.9. The molecule has 3 fully saturated rings. The maximum Gasteiger partial charge on any atom is 0.336 e. The van der Waals surface area contributed by atoms with Crippen molar-refractivity contribution < 1.29 is 18.6 Å². The molecule has 202 valence electrons. The Bertz CT molecular complexity index is 1230. The van der Waals surface area contributed by atoms with Gasteiger partial charge >= 0.3 is 5.92 Å². The Hall–Kier alpha value is -2.38. The van der Waals surface area contributed by atoms with Gasteiger partial charge < -0.3 is 9.84 Å². The Morgan fingerprint density at radius 1 is 1.08 bits per heavy atom. The number of fused-ring (bicyclic) bond motifs is 5. The number of hydrogen-bond acceptors (Lipinski definition) is 2. The minimum Gasteiger partial charge on any atom is -0.494 e. The monoisotopic (exact) mass is 518 g/mol. The summed E-state index contributed by atoms with van der Waals surface area (Å²) in [4.78, 5) is 0. The van der Waals surface area contributed by atoms with Crippen molar-refractivity contribution in [2.75, 3.05) is 6.61 Å². The molecule has 0 aromatic heterocycles. The number of hydrogen-bond donors (Lipinski definition) is 1. The van der Waals surface area contributed by atoms with Crippen LogP contribution in [0.4, 0.5) is 8.78 Å². The lowest BCUT2D eigenvalue weighted by Gasteiger charge is -2.57. The lowest BCUT2D eigenvalue weighted by atomic mass is 9.48. The minimum atomic E-state index is -3.55. The molecule has 0 saturated heterocycles. The molecule has 0 aliphatic heterocycles. The third-order valence-corrected chi connectivity index (χ3v) is 10.7. The van der Waals surface area contributed by atoms with Gasteiger partial charge in [-0.1, -0.05) is 50.6 Å². The average molecular weight is 519 g/mol. The van der Waals surface area contributed by atoms with Gasteiger partial charge in [0, 0.05) is 5.41 Å². The molecule has 6 atom stereocenters. The van der Waals surface area contributed by atoms with Crippen LogP contribution in [0.1, 0.15) is 105 Å². The molecule has 1 N–H and O–H groups in total. The van der Waals surface area contributed by atoms with Crippen LogP contribution < -0.4 is 4.74 Å². The normalized spacial score (nSPS) is 34.1.